The first kappa shape index (κ1) is 17.9. The molecule has 130 valence electrons. The lowest BCUT2D eigenvalue weighted by Crippen LogP contribution is -2.38. The van der Waals surface area contributed by atoms with E-state index in [1.165, 1.54) is 12.1 Å². The minimum Gasteiger partial charge on any atom is -0.433 e. The highest BCUT2D eigenvalue weighted by atomic mass is 19.3. The van der Waals surface area contributed by atoms with Crippen LogP contribution < -0.4 is 15.4 Å². The van der Waals surface area contributed by atoms with E-state index in [9.17, 15) is 18.4 Å². The maximum atomic E-state index is 12.4. The van der Waals surface area contributed by atoms with E-state index >= 15 is 0 Å². The first-order chi connectivity index (χ1) is 11.5. The van der Waals surface area contributed by atoms with Gasteiger partial charge in [0, 0.05) is 6.54 Å². The summed E-state index contributed by atoms with van der Waals surface area (Å²) in [6.45, 7) is -0.985. The van der Waals surface area contributed by atoms with Crippen LogP contribution in [0.15, 0.2) is 30.4 Å². The lowest BCUT2D eigenvalue weighted by atomic mass is 9.94. The minimum absolute atomic E-state index is 0.0681. The largest absolute Gasteiger partial charge is 0.433 e. The number of rotatable bonds is 5. The lowest BCUT2D eigenvalue weighted by molar-refractivity contribution is -0.136. The molecule has 0 saturated heterocycles. The van der Waals surface area contributed by atoms with Crippen molar-refractivity contribution in [1.82, 2.24) is 5.32 Å². The summed E-state index contributed by atoms with van der Waals surface area (Å²) in [5, 5.41) is 4.93. The second-order valence-electron chi connectivity index (χ2n) is 5.64. The van der Waals surface area contributed by atoms with Gasteiger partial charge in [0.15, 0.2) is 0 Å². The molecule has 0 saturated carbocycles. The molecule has 1 aliphatic rings. The van der Waals surface area contributed by atoms with E-state index in [1.54, 1.807) is 13.0 Å². The molecule has 1 aliphatic carbocycles. The summed E-state index contributed by atoms with van der Waals surface area (Å²) in [4.78, 5) is 23.9. The second kappa shape index (κ2) is 8.42. The molecule has 2 amide bonds. The maximum absolute atomic E-state index is 12.4. The van der Waals surface area contributed by atoms with Gasteiger partial charge < -0.3 is 15.4 Å². The third-order valence-corrected chi connectivity index (χ3v) is 3.82. The Kier molecular flexibility index (Phi) is 6.28. The van der Waals surface area contributed by atoms with E-state index in [1.807, 2.05) is 0 Å². The van der Waals surface area contributed by atoms with Gasteiger partial charge in [-0.25, -0.2) is 0 Å². The Bertz CT molecular complexity index is 632. The van der Waals surface area contributed by atoms with E-state index in [0.717, 1.165) is 19.3 Å². The van der Waals surface area contributed by atoms with Gasteiger partial charge in [0.1, 0.15) is 5.75 Å². The Morgan fingerprint density at radius 3 is 2.75 bits per heavy atom. The molecule has 0 spiro atoms. The maximum Gasteiger partial charge on any atom is 0.387 e. The Labute approximate surface area is 139 Å². The summed E-state index contributed by atoms with van der Waals surface area (Å²) in [5.41, 5.74) is 0.588. The predicted octanol–water partition coefficient (Wildman–Crippen LogP) is 3.01. The predicted molar refractivity (Wildman–Crippen MR) is 85.9 cm³/mol. The van der Waals surface area contributed by atoms with Gasteiger partial charge in [-0.3, -0.25) is 9.59 Å². The van der Waals surface area contributed by atoms with Gasteiger partial charge in [-0.05, 0) is 43.7 Å². The summed E-state index contributed by atoms with van der Waals surface area (Å²) in [7, 11) is 0. The molecular weight excluding hydrogens is 318 g/mol. The molecular formula is C17H20F2N2O3. The third kappa shape index (κ3) is 5.04. The molecule has 1 atom stereocenters. The van der Waals surface area contributed by atoms with Gasteiger partial charge in [-0.1, -0.05) is 24.3 Å². The summed E-state index contributed by atoms with van der Waals surface area (Å²) in [6, 6.07) is 4.46. The molecule has 7 heteroatoms. The van der Waals surface area contributed by atoms with Crippen molar-refractivity contribution >= 4 is 17.5 Å². The quantitative estimate of drug-likeness (QED) is 0.641. The van der Waals surface area contributed by atoms with Crippen LogP contribution in [0.3, 0.4) is 0 Å². The van der Waals surface area contributed by atoms with E-state index in [2.05, 4.69) is 27.5 Å². The van der Waals surface area contributed by atoms with Crippen LogP contribution in [0.5, 0.6) is 5.75 Å². The van der Waals surface area contributed by atoms with Crippen molar-refractivity contribution in [3.05, 3.63) is 35.9 Å². The number of anilines is 1. The number of halogens is 2. The van der Waals surface area contributed by atoms with Crippen LogP contribution in [0.25, 0.3) is 0 Å². The fourth-order valence-electron chi connectivity index (χ4n) is 2.52. The number of hydrogen-bond acceptors (Lipinski definition) is 3. The van der Waals surface area contributed by atoms with Crippen LogP contribution in [-0.2, 0) is 9.59 Å². The molecule has 2 N–H and O–H groups in total. The smallest absolute Gasteiger partial charge is 0.387 e. The van der Waals surface area contributed by atoms with E-state index in [4.69, 9.17) is 0 Å². The Hall–Kier alpha value is -2.44. The van der Waals surface area contributed by atoms with Crippen molar-refractivity contribution in [2.45, 2.75) is 32.8 Å². The van der Waals surface area contributed by atoms with Gasteiger partial charge in [-0.2, -0.15) is 8.78 Å². The number of carbonyl (C=O) groups is 2. The van der Waals surface area contributed by atoms with Gasteiger partial charge in [0.2, 0.25) is 0 Å². The van der Waals surface area contributed by atoms with E-state index in [-0.39, 0.29) is 11.4 Å². The summed E-state index contributed by atoms with van der Waals surface area (Å²) in [5.74, 6) is -1.57. The van der Waals surface area contributed by atoms with Gasteiger partial charge in [-0.15, -0.1) is 0 Å². The van der Waals surface area contributed by atoms with Crippen LogP contribution in [-0.4, -0.2) is 25.0 Å². The molecule has 0 heterocycles. The van der Waals surface area contributed by atoms with E-state index < -0.39 is 18.4 Å². The Balaban J connectivity index is 1.95. The van der Waals surface area contributed by atoms with E-state index in [0.29, 0.717) is 18.0 Å². The number of allylic oxidation sites excluding steroid dienone is 2. The Morgan fingerprint density at radius 1 is 1.29 bits per heavy atom. The number of para-hydroxylation sites is 1. The molecule has 24 heavy (non-hydrogen) atoms. The number of alkyl halides is 2. The topological polar surface area (TPSA) is 67.4 Å². The number of carbonyl (C=O) groups excluding carboxylic acids is 2. The zero-order valence-corrected chi connectivity index (χ0v) is 13.4. The first-order valence-corrected chi connectivity index (χ1v) is 7.76. The molecule has 0 aliphatic heterocycles. The molecule has 0 fully saturated rings. The standard InChI is InChI=1S/C17H20F2N2O3/c1-11-6-5-9-13(24-17(18)19)14(11)21-16(23)15(22)20-10-12-7-3-2-4-8-12/h2-3,5-6,9,12,17H,4,7-8,10H2,1H3,(H,20,22)(H,21,23)/t12-/m0/s1. The normalized spacial score (nSPS) is 16.8. The molecule has 0 unspecified atom stereocenters. The van der Waals surface area contributed by atoms with Crippen LogP contribution in [0.1, 0.15) is 24.8 Å². The Morgan fingerprint density at radius 2 is 2.08 bits per heavy atom. The molecule has 0 bridgehead atoms. The third-order valence-electron chi connectivity index (χ3n) is 3.82. The number of nitrogens with one attached hydrogen (secondary N) is 2. The fraction of sp³-hybridized carbons (Fsp3) is 0.412. The van der Waals surface area contributed by atoms with Crippen LogP contribution in [0.4, 0.5) is 14.5 Å². The van der Waals surface area contributed by atoms with Crippen molar-refractivity contribution < 1.29 is 23.1 Å². The fourth-order valence-corrected chi connectivity index (χ4v) is 2.52. The average Bonchev–Trinajstić information content (AvgIpc) is 2.56. The second-order valence-corrected chi connectivity index (χ2v) is 5.64. The van der Waals surface area contributed by atoms with Crippen molar-refractivity contribution in [1.29, 1.82) is 0 Å². The summed E-state index contributed by atoms with van der Waals surface area (Å²) >= 11 is 0. The summed E-state index contributed by atoms with van der Waals surface area (Å²) < 4.78 is 29.2. The minimum atomic E-state index is -3.02. The summed E-state index contributed by atoms with van der Waals surface area (Å²) in [6.07, 6.45) is 6.94. The van der Waals surface area contributed by atoms with Gasteiger partial charge in [0.05, 0.1) is 5.69 Å². The molecule has 0 radical (unpaired) electrons. The van der Waals surface area contributed by atoms with Crippen molar-refractivity contribution in [2.75, 3.05) is 11.9 Å². The monoisotopic (exact) mass is 338 g/mol. The number of amides is 2. The molecule has 2 rings (SSSR count). The number of hydrogen-bond donors (Lipinski definition) is 2. The number of aryl methyl sites for hydroxylation is 1. The van der Waals surface area contributed by atoms with Crippen LogP contribution in [0.2, 0.25) is 0 Å². The number of benzene rings is 1. The van der Waals surface area contributed by atoms with Crippen molar-refractivity contribution in [3.63, 3.8) is 0 Å². The van der Waals surface area contributed by atoms with Crippen LogP contribution >= 0.6 is 0 Å². The molecule has 1 aromatic rings. The highest BCUT2D eigenvalue weighted by molar-refractivity contribution is 6.39. The molecule has 1 aromatic carbocycles. The SMILES string of the molecule is Cc1cccc(OC(F)F)c1NC(=O)C(=O)NC[C@H]1CC=CCC1. The van der Waals surface area contributed by atoms with Crippen LogP contribution in [0, 0.1) is 12.8 Å². The zero-order valence-electron chi connectivity index (χ0n) is 13.4. The molecule has 0 aromatic heterocycles. The lowest BCUT2D eigenvalue weighted by Gasteiger charge is -2.18. The van der Waals surface area contributed by atoms with Crippen molar-refractivity contribution in [2.24, 2.45) is 5.92 Å². The highest BCUT2D eigenvalue weighted by Gasteiger charge is 2.20. The zero-order chi connectivity index (χ0) is 17.5. The average molecular weight is 338 g/mol. The van der Waals surface area contributed by atoms with Gasteiger partial charge >= 0.3 is 18.4 Å². The highest BCUT2D eigenvalue weighted by Crippen LogP contribution is 2.29. The van der Waals surface area contributed by atoms with Crippen molar-refractivity contribution in [3.8, 4) is 5.75 Å². The molecule has 5 nitrogen and oxygen atoms in total. The first-order valence-electron chi connectivity index (χ1n) is 7.76. The van der Waals surface area contributed by atoms with Gasteiger partial charge in [0.25, 0.3) is 0 Å². The number of ether oxygens (including phenoxy) is 1.